The van der Waals surface area contributed by atoms with Crippen LogP contribution in [0.2, 0.25) is 0 Å². The van der Waals surface area contributed by atoms with Crippen molar-refractivity contribution >= 4 is 17.3 Å². The molecule has 0 saturated heterocycles. The molecule has 2 N–H and O–H groups in total. The summed E-state index contributed by atoms with van der Waals surface area (Å²) in [5, 5.41) is 11.0. The zero-order chi connectivity index (χ0) is 15.4. The van der Waals surface area contributed by atoms with Crippen molar-refractivity contribution in [2.75, 3.05) is 10.6 Å². The van der Waals surface area contributed by atoms with E-state index >= 15 is 0 Å². The topological polar surface area (TPSA) is 85.3 Å². The molecule has 0 aliphatic heterocycles. The molecule has 6 heteroatoms. The lowest BCUT2D eigenvalue weighted by Crippen LogP contribution is -2.31. The summed E-state index contributed by atoms with van der Waals surface area (Å²) in [6.45, 7) is 4.64. The maximum absolute atomic E-state index is 11.0. The van der Waals surface area contributed by atoms with E-state index in [1.807, 2.05) is 49.1 Å². The molecule has 0 aliphatic rings. The molecular formula is C15H18N4O2. The predicted molar refractivity (Wildman–Crippen MR) is 83.1 cm³/mol. The van der Waals surface area contributed by atoms with Gasteiger partial charge in [-0.3, -0.25) is 10.1 Å². The Morgan fingerprint density at radius 1 is 1.29 bits per heavy atom. The maximum atomic E-state index is 11.0. The summed E-state index contributed by atoms with van der Waals surface area (Å²) in [5.74, 6) is 0.665. The highest BCUT2D eigenvalue weighted by Gasteiger charge is 2.17. The van der Waals surface area contributed by atoms with Crippen molar-refractivity contribution in [2.24, 2.45) is 0 Å². The van der Waals surface area contributed by atoms with Crippen LogP contribution in [0.3, 0.4) is 0 Å². The van der Waals surface area contributed by atoms with Gasteiger partial charge >= 0.3 is 0 Å². The number of hydrogen-bond acceptors (Lipinski definition) is 5. The molecule has 1 aromatic carbocycles. The molecule has 0 saturated carbocycles. The molecule has 2 rings (SSSR count). The van der Waals surface area contributed by atoms with E-state index in [0.717, 1.165) is 5.56 Å². The quantitative estimate of drug-likeness (QED) is 0.674. The normalized spacial score (nSPS) is 10.6. The fraction of sp³-hybridized carbons (Fsp3) is 0.267. The number of nitrogens with zero attached hydrogens (tertiary/aromatic N) is 3. The van der Waals surface area contributed by atoms with E-state index in [2.05, 4.69) is 4.98 Å². The van der Waals surface area contributed by atoms with E-state index in [0.29, 0.717) is 12.4 Å². The number of pyridine rings is 1. The second-order valence-corrected chi connectivity index (χ2v) is 5.07. The largest absolute Gasteiger partial charge is 0.383 e. The molecule has 0 fully saturated rings. The van der Waals surface area contributed by atoms with Gasteiger partial charge in [-0.25, -0.2) is 4.98 Å². The number of aromatic nitrogens is 1. The Morgan fingerprint density at radius 3 is 2.52 bits per heavy atom. The summed E-state index contributed by atoms with van der Waals surface area (Å²) < 4.78 is 0. The second kappa shape index (κ2) is 6.21. The average Bonchev–Trinajstić information content (AvgIpc) is 2.44. The smallest absolute Gasteiger partial charge is 0.276 e. The molecule has 6 nitrogen and oxygen atoms in total. The first-order chi connectivity index (χ1) is 9.97. The van der Waals surface area contributed by atoms with E-state index in [1.165, 1.54) is 12.1 Å². The van der Waals surface area contributed by atoms with E-state index in [9.17, 15) is 10.1 Å². The zero-order valence-corrected chi connectivity index (χ0v) is 12.1. The van der Waals surface area contributed by atoms with Gasteiger partial charge in [-0.05, 0) is 19.4 Å². The lowest BCUT2D eigenvalue weighted by atomic mass is 10.2. The van der Waals surface area contributed by atoms with Gasteiger partial charge in [-0.15, -0.1) is 0 Å². The van der Waals surface area contributed by atoms with Crippen molar-refractivity contribution in [3.8, 4) is 0 Å². The minimum absolute atomic E-state index is 0.0452. The lowest BCUT2D eigenvalue weighted by molar-refractivity contribution is -0.384. The Morgan fingerprint density at radius 2 is 1.95 bits per heavy atom. The molecule has 21 heavy (non-hydrogen) atoms. The van der Waals surface area contributed by atoms with Crippen LogP contribution in [0, 0.1) is 10.1 Å². The molecule has 0 atom stereocenters. The number of rotatable bonds is 5. The van der Waals surface area contributed by atoms with Gasteiger partial charge in [0.15, 0.2) is 0 Å². The molecule has 110 valence electrons. The van der Waals surface area contributed by atoms with E-state index < -0.39 is 4.92 Å². The first-order valence-corrected chi connectivity index (χ1v) is 6.70. The van der Waals surface area contributed by atoms with Gasteiger partial charge in [0.25, 0.3) is 5.69 Å². The predicted octanol–water partition coefficient (Wildman–Crippen LogP) is 2.99. The second-order valence-electron chi connectivity index (χ2n) is 5.07. The minimum atomic E-state index is -0.456. The molecule has 0 radical (unpaired) electrons. The summed E-state index contributed by atoms with van der Waals surface area (Å²) in [7, 11) is 0. The number of hydrogen-bond donors (Lipinski definition) is 1. The van der Waals surface area contributed by atoms with Gasteiger partial charge < -0.3 is 10.6 Å². The summed E-state index contributed by atoms with van der Waals surface area (Å²) in [4.78, 5) is 16.7. The summed E-state index contributed by atoms with van der Waals surface area (Å²) in [5.41, 5.74) is 6.75. The van der Waals surface area contributed by atoms with Crippen LogP contribution >= 0.6 is 0 Å². The van der Waals surface area contributed by atoms with Crippen LogP contribution < -0.4 is 10.6 Å². The monoisotopic (exact) mass is 286 g/mol. The molecule has 0 bridgehead atoms. The summed E-state index contributed by atoms with van der Waals surface area (Å²) in [6, 6.07) is 12.8. The Labute approximate surface area is 123 Å². The number of anilines is 2. The number of nitro groups is 1. The first-order valence-electron chi connectivity index (χ1n) is 6.70. The van der Waals surface area contributed by atoms with Crippen molar-refractivity contribution in [3.05, 3.63) is 58.1 Å². The van der Waals surface area contributed by atoms with Gasteiger partial charge in [0.1, 0.15) is 11.6 Å². The molecule has 0 spiro atoms. The van der Waals surface area contributed by atoms with Crippen LogP contribution in [0.5, 0.6) is 0 Å². The van der Waals surface area contributed by atoms with Gasteiger partial charge in [0.05, 0.1) is 17.1 Å². The summed E-state index contributed by atoms with van der Waals surface area (Å²) in [6.07, 6.45) is 0. The van der Waals surface area contributed by atoms with Crippen LogP contribution in [0.25, 0.3) is 0 Å². The van der Waals surface area contributed by atoms with Crippen molar-refractivity contribution in [2.45, 2.75) is 26.4 Å². The van der Waals surface area contributed by atoms with Crippen molar-refractivity contribution < 1.29 is 4.92 Å². The fourth-order valence-electron chi connectivity index (χ4n) is 2.08. The molecule has 0 amide bonds. The van der Waals surface area contributed by atoms with Crippen LogP contribution in [-0.4, -0.2) is 15.9 Å². The number of nitrogens with two attached hydrogens (primary N) is 1. The van der Waals surface area contributed by atoms with Gasteiger partial charge in [-0.2, -0.15) is 0 Å². The standard InChI is InChI=1S/C15H18N4O2/c1-11(2)18(10-12-6-4-3-5-7-12)15-9-13(19(20)21)8-14(16)17-15/h3-9,11H,10H2,1-2H3,(H2,16,17). The Hall–Kier alpha value is -2.63. The highest BCUT2D eigenvalue weighted by atomic mass is 16.6. The SMILES string of the molecule is CC(C)N(Cc1ccccc1)c1cc([N+](=O)[O-])cc(N)n1. The molecule has 2 aromatic rings. The highest BCUT2D eigenvalue weighted by molar-refractivity contribution is 5.54. The third kappa shape index (κ3) is 3.68. The summed E-state index contributed by atoms with van der Waals surface area (Å²) >= 11 is 0. The van der Waals surface area contributed by atoms with E-state index in [1.54, 1.807) is 0 Å². The van der Waals surface area contributed by atoms with E-state index in [4.69, 9.17) is 5.73 Å². The fourth-order valence-corrected chi connectivity index (χ4v) is 2.08. The average molecular weight is 286 g/mol. The van der Waals surface area contributed by atoms with Gasteiger partial charge in [0.2, 0.25) is 0 Å². The number of benzene rings is 1. The highest BCUT2D eigenvalue weighted by Crippen LogP contribution is 2.24. The van der Waals surface area contributed by atoms with Crippen LogP contribution in [0.4, 0.5) is 17.3 Å². The van der Waals surface area contributed by atoms with Crippen molar-refractivity contribution in [3.63, 3.8) is 0 Å². The Kier molecular flexibility index (Phi) is 4.37. The molecule has 1 heterocycles. The Bertz CT molecular complexity index is 629. The molecule has 0 aliphatic carbocycles. The van der Waals surface area contributed by atoms with E-state index in [-0.39, 0.29) is 17.5 Å². The first kappa shape index (κ1) is 14.8. The molecular weight excluding hydrogens is 268 g/mol. The number of nitrogen functional groups attached to an aromatic ring is 1. The van der Waals surface area contributed by atoms with Crippen LogP contribution in [0.1, 0.15) is 19.4 Å². The third-order valence-corrected chi connectivity index (χ3v) is 3.14. The van der Waals surface area contributed by atoms with Crippen LogP contribution in [0.15, 0.2) is 42.5 Å². The van der Waals surface area contributed by atoms with Crippen molar-refractivity contribution in [1.82, 2.24) is 4.98 Å². The lowest BCUT2D eigenvalue weighted by Gasteiger charge is -2.28. The Balaban J connectivity index is 2.36. The molecule has 0 unspecified atom stereocenters. The minimum Gasteiger partial charge on any atom is -0.383 e. The molecule has 1 aromatic heterocycles. The van der Waals surface area contributed by atoms with Gasteiger partial charge in [-0.1, -0.05) is 30.3 Å². The van der Waals surface area contributed by atoms with Crippen molar-refractivity contribution in [1.29, 1.82) is 0 Å². The van der Waals surface area contributed by atoms with Gasteiger partial charge in [0, 0.05) is 12.6 Å². The zero-order valence-electron chi connectivity index (χ0n) is 12.1. The third-order valence-electron chi connectivity index (χ3n) is 3.14. The van der Waals surface area contributed by atoms with Crippen LogP contribution in [-0.2, 0) is 6.54 Å². The maximum Gasteiger partial charge on any atom is 0.276 e.